The van der Waals surface area contributed by atoms with Crippen molar-refractivity contribution in [3.63, 3.8) is 0 Å². The number of para-hydroxylation sites is 2. The third-order valence-corrected chi connectivity index (χ3v) is 1.94. The van der Waals surface area contributed by atoms with Gasteiger partial charge in [-0.2, -0.15) is 8.78 Å². The van der Waals surface area contributed by atoms with Gasteiger partial charge in [-0.15, -0.1) is 0 Å². The Hall–Kier alpha value is -1.43. The van der Waals surface area contributed by atoms with Crippen LogP contribution in [-0.2, 0) is 0 Å². The zero-order valence-corrected chi connectivity index (χ0v) is 9.48. The van der Waals surface area contributed by atoms with E-state index in [1.165, 1.54) is 6.07 Å². The number of rotatable bonds is 4. The summed E-state index contributed by atoms with van der Waals surface area (Å²) in [5.41, 5.74) is 0.411. The van der Waals surface area contributed by atoms with Crippen molar-refractivity contribution in [1.82, 2.24) is 5.32 Å². The number of thiocarbonyl (C=S) groups is 1. The van der Waals surface area contributed by atoms with Gasteiger partial charge in [0.05, 0.1) is 5.69 Å². The highest BCUT2D eigenvalue weighted by Crippen LogP contribution is 2.25. The lowest BCUT2D eigenvalue weighted by Crippen LogP contribution is -2.28. The lowest BCUT2D eigenvalue weighted by molar-refractivity contribution is -0.0493. The average Bonchev–Trinajstić information content (AvgIpc) is 2.20. The van der Waals surface area contributed by atoms with Gasteiger partial charge in [0.2, 0.25) is 0 Å². The Morgan fingerprint density at radius 3 is 2.75 bits per heavy atom. The summed E-state index contributed by atoms with van der Waals surface area (Å²) < 4.78 is 28.5. The number of hydrogen-bond donors (Lipinski definition) is 2. The van der Waals surface area contributed by atoms with Gasteiger partial charge < -0.3 is 15.4 Å². The molecule has 0 aliphatic rings. The van der Waals surface area contributed by atoms with Gasteiger partial charge in [0.1, 0.15) is 5.75 Å². The van der Waals surface area contributed by atoms with E-state index in [1.807, 2.05) is 6.92 Å². The second kappa shape index (κ2) is 6.22. The molecule has 0 spiro atoms. The number of nitrogens with one attached hydrogen (secondary N) is 2. The molecule has 16 heavy (non-hydrogen) atoms. The van der Waals surface area contributed by atoms with E-state index in [2.05, 4.69) is 15.4 Å². The Kier molecular flexibility index (Phi) is 4.91. The van der Waals surface area contributed by atoms with Crippen molar-refractivity contribution in [2.45, 2.75) is 13.5 Å². The molecule has 0 heterocycles. The molecule has 0 bridgehead atoms. The minimum Gasteiger partial charge on any atom is -0.433 e. The fourth-order valence-electron chi connectivity index (χ4n) is 1.10. The maximum Gasteiger partial charge on any atom is 0.387 e. The van der Waals surface area contributed by atoms with Gasteiger partial charge in [0.25, 0.3) is 0 Å². The van der Waals surface area contributed by atoms with Gasteiger partial charge in [-0.3, -0.25) is 0 Å². The number of benzene rings is 1. The van der Waals surface area contributed by atoms with E-state index >= 15 is 0 Å². The molecule has 0 radical (unpaired) electrons. The number of anilines is 1. The molecule has 0 fully saturated rings. The molecule has 2 N–H and O–H groups in total. The van der Waals surface area contributed by atoms with Gasteiger partial charge in [0.15, 0.2) is 5.11 Å². The summed E-state index contributed by atoms with van der Waals surface area (Å²) in [5.74, 6) is 0.0674. The van der Waals surface area contributed by atoms with Crippen LogP contribution in [0.25, 0.3) is 0 Å². The van der Waals surface area contributed by atoms with Crippen LogP contribution in [0, 0.1) is 0 Å². The first-order valence-corrected chi connectivity index (χ1v) is 5.13. The molecule has 0 saturated heterocycles. The summed E-state index contributed by atoms with van der Waals surface area (Å²) in [6.07, 6.45) is 0. The Bertz CT molecular complexity index is 360. The first kappa shape index (κ1) is 12.6. The minimum absolute atomic E-state index is 0.0674. The van der Waals surface area contributed by atoms with Crippen molar-refractivity contribution in [2.24, 2.45) is 0 Å². The quantitative estimate of drug-likeness (QED) is 0.800. The molecule has 0 unspecified atom stereocenters. The van der Waals surface area contributed by atoms with Crippen LogP contribution in [0.3, 0.4) is 0 Å². The topological polar surface area (TPSA) is 33.3 Å². The number of alkyl halides is 2. The van der Waals surface area contributed by atoms with Gasteiger partial charge >= 0.3 is 6.61 Å². The largest absolute Gasteiger partial charge is 0.433 e. The molecule has 0 saturated carbocycles. The second-order valence-corrected chi connectivity index (χ2v) is 3.27. The molecular formula is C10H12F2N2OS. The van der Waals surface area contributed by atoms with E-state index in [9.17, 15) is 8.78 Å². The number of ether oxygens (including phenoxy) is 1. The highest BCUT2D eigenvalue weighted by molar-refractivity contribution is 7.80. The summed E-state index contributed by atoms with van der Waals surface area (Å²) >= 11 is 4.94. The van der Waals surface area contributed by atoms with Crippen LogP contribution >= 0.6 is 12.2 Å². The van der Waals surface area contributed by atoms with Gasteiger partial charge in [-0.1, -0.05) is 12.1 Å². The molecule has 0 aromatic heterocycles. The monoisotopic (exact) mass is 246 g/mol. The molecule has 3 nitrogen and oxygen atoms in total. The Morgan fingerprint density at radius 2 is 2.12 bits per heavy atom. The predicted molar refractivity (Wildman–Crippen MR) is 63.0 cm³/mol. The summed E-state index contributed by atoms with van der Waals surface area (Å²) in [7, 11) is 0. The first-order valence-electron chi connectivity index (χ1n) is 4.72. The Morgan fingerprint density at radius 1 is 1.44 bits per heavy atom. The molecule has 1 aromatic carbocycles. The van der Waals surface area contributed by atoms with Crippen LogP contribution in [-0.4, -0.2) is 18.3 Å². The molecule has 0 atom stereocenters. The standard InChI is InChI=1S/C10H12F2N2OS/c1-2-13-10(16)14-7-5-3-4-6-8(7)15-9(11)12/h3-6,9H,2H2,1H3,(H2,13,14,16). The van der Waals surface area contributed by atoms with E-state index in [0.717, 1.165) is 0 Å². The van der Waals surface area contributed by atoms with Gasteiger partial charge in [-0.05, 0) is 31.3 Å². The predicted octanol–water partition coefficient (Wildman–Crippen LogP) is 2.59. The number of halogens is 2. The fraction of sp³-hybridized carbons (Fsp3) is 0.300. The van der Waals surface area contributed by atoms with Crippen LogP contribution in [0.1, 0.15) is 6.92 Å². The van der Waals surface area contributed by atoms with Crippen molar-refractivity contribution in [2.75, 3.05) is 11.9 Å². The maximum atomic E-state index is 12.1. The van der Waals surface area contributed by atoms with Crippen LogP contribution in [0.4, 0.5) is 14.5 Å². The van der Waals surface area contributed by atoms with E-state index in [-0.39, 0.29) is 5.75 Å². The molecule has 0 aliphatic carbocycles. The summed E-state index contributed by atoms with van der Waals surface area (Å²) in [4.78, 5) is 0. The number of hydrogen-bond acceptors (Lipinski definition) is 2. The third kappa shape index (κ3) is 3.98. The normalized spacial score (nSPS) is 10.0. The molecule has 1 rings (SSSR count). The Labute approximate surface area is 97.8 Å². The van der Waals surface area contributed by atoms with E-state index in [4.69, 9.17) is 12.2 Å². The van der Waals surface area contributed by atoms with Crippen molar-refractivity contribution in [3.8, 4) is 5.75 Å². The Balaban J connectivity index is 2.74. The van der Waals surface area contributed by atoms with Gasteiger partial charge in [-0.25, -0.2) is 0 Å². The second-order valence-electron chi connectivity index (χ2n) is 2.86. The van der Waals surface area contributed by atoms with Crippen molar-refractivity contribution < 1.29 is 13.5 Å². The lowest BCUT2D eigenvalue weighted by atomic mass is 10.3. The lowest BCUT2D eigenvalue weighted by Gasteiger charge is -2.13. The fourth-order valence-corrected chi connectivity index (χ4v) is 1.35. The van der Waals surface area contributed by atoms with E-state index in [1.54, 1.807) is 18.2 Å². The van der Waals surface area contributed by atoms with E-state index < -0.39 is 6.61 Å². The zero-order valence-electron chi connectivity index (χ0n) is 8.67. The van der Waals surface area contributed by atoms with Crippen molar-refractivity contribution >= 4 is 23.0 Å². The molecule has 88 valence electrons. The van der Waals surface area contributed by atoms with Crippen LogP contribution in [0.15, 0.2) is 24.3 Å². The van der Waals surface area contributed by atoms with Crippen LogP contribution in [0.2, 0.25) is 0 Å². The van der Waals surface area contributed by atoms with Crippen LogP contribution < -0.4 is 15.4 Å². The highest BCUT2D eigenvalue weighted by atomic mass is 32.1. The van der Waals surface area contributed by atoms with Crippen LogP contribution in [0.5, 0.6) is 5.75 Å². The smallest absolute Gasteiger partial charge is 0.387 e. The molecule has 0 amide bonds. The third-order valence-electron chi connectivity index (χ3n) is 1.69. The summed E-state index contributed by atoms with van der Waals surface area (Å²) in [5, 5.41) is 6.00. The average molecular weight is 246 g/mol. The molecular weight excluding hydrogens is 234 g/mol. The van der Waals surface area contributed by atoms with Crippen molar-refractivity contribution in [3.05, 3.63) is 24.3 Å². The maximum absolute atomic E-state index is 12.1. The SMILES string of the molecule is CCNC(=S)Nc1ccccc1OC(F)F. The summed E-state index contributed by atoms with van der Waals surface area (Å²) in [6, 6.07) is 6.37. The molecule has 0 aliphatic heterocycles. The van der Waals surface area contributed by atoms with E-state index in [0.29, 0.717) is 17.3 Å². The van der Waals surface area contributed by atoms with Gasteiger partial charge in [0, 0.05) is 6.54 Å². The summed E-state index contributed by atoms with van der Waals surface area (Å²) in [6.45, 7) is -0.310. The zero-order chi connectivity index (χ0) is 12.0. The first-order chi connectivity index (χ1) is 7.63. The highest BCUT2D eigenvalue weighted by Gasteiger charge is 2.09. The van der Waals surface area contributed by atoms with Crippen molar-refractivity contribution in [1.29, 1.82) is 0 Å². The molecule has 1 aromatic rings. The molecule has 6 heteroatoms. The minimum atomic E-state index is -2.85.